The van der Waals surface area contributed by atoms with Gasteiger partial charge >= 0.3 is 24.2 Å². The zero-order chi connectivity index (χ0) is 44.9. The van der Waals surface area contributed by atoms with Crippen molar-refractivity contribution in [2.45, 2.75) is 127 Å². The van der Waals surface area contributed by atoms with Crippen LogP contribution in [0.3, 0.4) is 0 Å². The van der Waals surface area contributed by atoms with Gasteiger partial charge < -0.3 is 9.84 Å². The lowest BCUT2D eigenvalue weighted by atomic mass is 9.86. The predicted molar refractivity (Wildman–Crippen MR) is 224 cm³/mol. The lowest BCUT2D eigenvalue weighted by molar-refractivity contribution is -0.284. The quantitative estimate of drug-likeness (QED) is 0.0428. The van der Waals surface area contributed by atoms with Gasteiger partial charge in [0.1, 0.15) is 11.5 Å². The molecular formula is C45H56F10O4S2. The number of aromatic hydroxyl groups is 1. The molecule has 0 saturated heterocycles. The zero-order valence-corrected chi connectivity index (χ0v) is 35.8. The van der Waals surface area contributed by atoms with Crippen LogP contribution in [-0.4, -0.2) is 67.3 Å². The van der Waals surface area contributed by atoms with E-state index in [0.29, 0.717) is 43.8 Å². The molecule has 4 nitrogen and oxygen atoms in total. The second-order valence-electron chi connectivity index (χ2n) is 15.1. The summed E-state index contributed by atoms with van der Waals surface area (Å²) in [5.41, 5.74) is 5.10. The van der Waals surface area contributed by atoms with Crippen molar-refractivity contribution in [1.29, 1.82) is 0 Å². The summed E-state index contributed by atoms with van der Waals surface area (Å²) in [7, 11) is -2.90. The molecule has 342 valence electrons. The molecule has 3 rings (SSSR count). The van der Waals surface area contributed by atoms with Gasteiger partial charge in [0.25, 0.3) is 0 Å². The van der Waals surface area contributed by atoms with E-state index in [4.69, 9.17) is 4.74 Å². The van der Waals surface area contributed by atoms with E-state index in [9.17, 15) is 57.4 Å². The molecule has 0 radical (unpaired) electrons. The van der Waals surface area contributed by atoms with Crippen LogP contribution in [0, 0.1) is 0 Å². The Bertz CT molecular complexity index is 1780. The fraction of sp³-hybridized carbons (Fsp3) is 0.556. The smallest absolute Gasteiger partial charge is 0.453 e. The maximum absolute atomic E-state index is 13.1. The topological polar surface area (TPSA) is 63.6 Å². The molecule has 61 heavy (non-hydrogen) atoms. The summed E-state index contributed by atoms with van der Waals surface area (Å²) in [5.74, 6) is -8.62. The average molecular weight is 915 g/mol. The number of phenols is 1. The van der Waals surface area contributed by atoms with Gasteiger partial charge in [-0.25, -0.2) is 0 Å². The summed E-state index contributed by atoms with van der Waals surface area (Å²) in [6, 6.07) is 24.8. The molecule has 0 fully saturated rings. The molecule has 0 amide bonds. The highest BCUT2D eigenvalue weighted by molar-refractivity contribution is 7.85. The van der Waals surface area contributed by atoms with E-state index in [2.05, 4.69) is 12.1 Å². The van der Waals surface area contributed by atoms with Crippen molar-refractivity contribution >= 4 is 32.7 Å². The van der Waals surface area contributed by atoms with Gasteiger partial charge in [-0.15, -0.1) is 0 Å². The van der Waals surface area contributed by atoms with Crippen molar-refractivity contribution in [3.05, 3.63) is 95.6 Å². The molecular weight excluding hydrogens is 859 g/mol. The maximum Gasteiger partial charge on any atom is 0.453 e. The third kappa shape index (κ3) is 18.9. The molecule has 3 aromatic rings. The predicted octanol–water partition coefficient (Wildman–Crippen LogP) is 13.9. The van der Waals surface area contributed by atoms with Crippen LogP contribution in [0.2, 0.25) is 0 Å². The van der Waals surface area contributed by atoms with Crippen LogP contribution in [-0.2, 0) is 21.6 Å². The van der Waals surface area contributed by atoms with Gasteiger partial charge in [0.15, 0.2) is 0 Å². The molecule has 0 saturated carbocycles. The first kappa shape index (κ1) is 51.9. The van der Waals surface area contributed by atoms with E-state index in [-0.39, 0.29) is 23.0 Å². The number of halogens is 10. The largest absolute Gasteiger partial charge is 0.508 e. The summed E-state index contributed by atoms with van der Waals surface area (Å²) < 4.78 is 156. The number of hydrogen-bond acceptors (Lipinski definition) is 4. The maximum atomic E-state index is 13.1. The molecule has 0 aliphatic rings. The Morgan fingerprint density at radius 3 is 1.36 bits per heavy atom. The van der Waals surface area contributed by atoms with Crippen molar-refractivity contribution in [3.8, 4) is 11.5 Å². The van der Waals surface area contributed by atoms with Crippen LogP contribution in [0.15, 0.2) is 78.9 Å². The van der Waals surface area contributed by atoms with Gasteiger partial charge in [-0.1, -0.05) is 93.1 Å². The fourth-order valence-electron chi connectivity index (χ4n) is 6.67. The summed E-state index contributed by atoms with van der Waals surface area (Å²) in [6.45, 7) is 0.378. The highest BCUT2D eigenvalue weighted by Gasteiger charge is 2.57. The van der Waals surface area contributed by atoms with Gasteiger partial charge in [0.2, 0.25) is 0 Å². The van der Waals surface area contributed by atoms with E-state index in [1.54, 1.807) is 12.1 Å². The molecule has 2 unspecified atom stereocenters. The molecule has 0 heterocycles. The number of hydrogen-bond donors (Lipinski definition) is 1. The summed E-state index contributed by atoms with van der Waals surface area (Å²) in [6.07, 6.45) is -5.01. The highest BCUT2D eigenvalue weighted by Crippen LogP contribution is 2.40. The molecule has 2 atom stereocenters. The standard InChI is InChI=1S/C45H56F10O4S2/c46-42(47,44(50,51)52)28-15-33-60(57)31-13-6-4-2-1-3-5-11-19-40(35-17-9-7-10-18-35)41(36-20-24-38(56)25-21-36)37-22-26-39(27-23-37)59-30-12-8-14-32-61(58)34-16-29-43(48,49)45(53,54)55/h7,9-10,17-18,20-27,56H,1-6,8,11-16,19,28-34H2/b41-40+. The van der Waals surface area contributed by atoms with Crippen molar-refractivity contribution in [2.24, 2.45) is 0 Å². The molecule has 0 aliphatic carbocycles. The van der Waals surface area contributed by atoms with Gasteiger partial charge in [-0.2, -0.15) is 43.9 Å². The molecule has 0 aliphatic heterocycles. The minimum absolute atomic E-state index is 0.144. The zero-order valence-electron chi connectivity index (χ0n) is 34.1. The second-order valence-corrected chi connectivity index (χ2v) is 18.5. The minimum atomic E-state index is -5.61. The van der Waals surface area contributed by atoms with Gasteiger partial charge in [-0.05, 0) is 103 Å². The number of rotatable bonds is 29. The number of benzene rings is 3. The van der Waals surface area contributed by atoms with Gasteiger partial charge in [-0.3, -0.25) is 8.42 Å². The first-order valence-electron chi connectivity index (χ1n) is 20.7. The normalized spacial score (nSPS) is 14.1. The molecule has 1 N–H and O–H groups in total. The SMILES string of the molecule is O=S(CCCCCCCCCC/C(=C(/c1ccc(O)cc1)c1ccc(OCCCCCS(=O)CCCC(F)(F)C(F)(F)F)cc1)c1ccccc1)CCCC(F)(F)C(F)(F)F. The lowest BCUT2D eigenvalue weighted by Gasteiger charge is -2.19. The molecule has 0 bridgehead atoms. The number of ether oxygens (including phenoxy) is 1. The number of phenolic OH excluding ortho intramolecular Hbond substituents is 1. The van der Waals surface area contributed by atoms with Crippen LogP contribution >= 0.6 is 0 Å². The first-order chi connectivity index (χ1) is 28.8. The molecule has 0 aromatic heterocycles. The van der Waals surface area contributed by atoms with Crippen LogP contribution in [0.25, 0.3) is 11.1 Å². The van der Waals surface area contributed by atoms with Crippen LogP contribution < -0.4 is 4.74 Å². The first-order valence-corrected chi connectivity index (χ1v) is 23.7. The van der Waals surface area contributed by atoms with E-state index in [0.717, 1.165) is 79.2 Å². The Morgan fingerprint density at radius 1 is 0.475 bits per heavy atom. The monoisotopic (exact) mass is 914 g/mol. The Labute approximate surface area is 357 Å². The average Bonchev–Trinajstić information content (AvgIpc) is 3.19. The fourth-order valence-corrected chi connectivity index (χ4v) is 9.06. The number of allylic oxidation sites excluding steroid dienone is 1. The van der Waals surface area contributed by atoms with Crippen molar-refractivity contribution < 1.29 is 62.2 Å². The van der Waals surface area contributed by atoms with E-state index in [1.807, 2.05) is 54.6 Å². The van der Waals surface area contributed by atoms with E-state index >= 15 is 0 Å². The number of alkyl halides is 10. The molecule has 3 aromatic carbocycles. The van der Waals surface area contributed by atoms with E-state index in [1.165, 1.54) is 0 Å². The highest BCUT2D eigenvalue weighted by atomic mass is 32.2. The third-order valence-corrected chi connectivity index (χ3v) is 13.1. The van der Waals surface area contributed by atoms with Gasteiger partial charge in [0, 0.05) is 57.5 Å². The molecule has 0 spiro atoms. The Kier molecular flexibility index (Phi) is 21.8. The van der Waals surface area contributed by atoms with Crippen LogP contribution in [0.5, 0.6) is 11.5 Å². The van der Waals surface area contributed by atoms with Crippen molar-refractivity contribution in [1.82, 2.24) is 0 Å². The summed E-state index contributed by atoms with van der Waals surface area (Å²) >= 11 is 0. The molecule has 16 heteroatoms. The van der Waals surface area contributed by atoms with Crippen molar-refractivity contribution in [2.75, 3.05) is 29.6 Å². The third-order valence-electron chi connectivity index (χ3n) is 10.1. The Balaban J connectivity index is 1.49. The summed E-state index contributed by atoms with van der Waals surface area (Å²) in [5, 5.41) is 10.1. The lowest BCUT2D eigenvalue weighted by Crippen LogP contribution is -2.36. The van der Waals surface area contributed by atoms with Crippen LogP contribution in [0.4, 0.5) is 43.9 Å². The van der Waals surface area contributed by atoms with Gasteiger partial charge in [0.05, 0.1) is 6.61 Å². The number of unbranched alkanes of at least 4 members (excludes halogenated alkanes) is 9. The van der Waals surface area contributed by atoms with Crippen molar-refractivity contribution in [3.63, 3.8) is 0 Å². The Morgan fingerprint density at radius 2 is 0.885 bits per heavy atom. The second kappa shape index (κ2) is 25.6. The minimum Gasteiger partial charge on any atom is -0.508 e. The summed E-state index contributed by atoms with van der Waals surface area (Å²) in [4.78, 5) is 0. The van der Waals surface area contributed by atoms with E-state index < -0.39 is 71.5 Å². The van der Waals surface area contributed by atoms with Crippen LogP contribution in [0.1, 0.15) is 119 Å². The Hall–Kier alpha value is -3.40.